The summed E-state index contributed by atoms with van der Waals surface area (Å²) in [5.74, 6) is 3.12. The van der Waals surface area contributed by atoms with Gasteiger partial charge in [0.15, 0.2) is 0 Å². The fraction of sp³-hybridized carbons (Fsp3) is 0.917. The molecule has 1 saturated heterocycles. The van der Waals surface area contributed by atoms with Crippen molar-refractivity contribution < 1.29 is 4.79 Å². The van der Waals surface area contributed by atoms with Crippen LogP contribution < -0.4 is 11.1 Å². The van der Waals surface area contributed by atoms with Crippen molar-refractivity contribution in [1.29, 1.82) is 0 Å². The molecular weight excluding hydrogens is 220 g/mol. The molecule has 0 spiro atoms. The smallest absolute Gasteiger partial charge is 0.220 e. The van der Waals surface area contributed by atoms with Gasteiger partial charge in [-0.1, -0.05) is 6.92 Å². The van der Waals surface area contributed by atoms with Gasteiger partial charge < -0.3 is 11.1 Å². The number of carbonyl (C=O) groups excluding carboxylic acids is 1. The predicted molar refractivity (Wildman–Crippen MR) is 70.6 cm³/mol. The van der Waals surface area contributed by atoms with Gasteiger partial charge in [0.2, 0.25) is 5.91 Å². The number of nitrogens with two attached hydrogens (primary N) is 1. The molecule has 0 aromatic rings. The highest BCUT2D eigenvalue weighted by Gasteiger charge is 2.16. The van der Waals surface area contributed by atoms with Crippen LogP contribution in [0.3, 0.4) is 0 Å². The SMILES string of the molecule is CC(CCN)CCC(=O)NC1CCCSC1. The Morgan fingerprint density at radius 2 is 2.38 bits per heavy atom. The summed E-state index contributed by atoms with van der Waals surface area (Å²) in [6.07, 6.45) is 5.02. The minimum Gasteiger partial charge on any atom is -0.353 e. The van der Waals surface area contributed by atoms with Gasteiger partial charge in [-0.15, -0.1) is 0 Å². The third-order valence-electron chi connectivity index (χ3n) is 3.05. The zero-order valence-electron chi connectivity index (χ0n) is 10.2. The first-order chi connectivity index (χ1) is 7.72. The second kappa shape index (κ2) is 7.96. The van der Waals surface area contributed by atoms with Crippen molar-refractivity contribution in [3.63, 3.8) is 0 Å². The van der Waals surface area contributed by atoms with Crippen LogP contribution in [0.15, 0.2) is 0 Å². The number of amides is 1. The maximum Gasteiger partial charge on any atom is 0.220 e. The lowest BCUT2D eigenvalue weighted by Gasteiger charge is -2.22. The second-order valence-corrected chi connectivity index (χ2v) is 5.85. The lowest BCUT2D eigenvalue weighted by molar-refractivity contribution is -0.122. The normalized spacial score (nSPS) is 22.8. The average molecular weight is 244 g/mol. The van der Waals surface area contributed by atoms with Crippen LogP contribution in [0.2, 0.25) is 0 Å². The molecule has 1 amide bonds. The van der Waals surface area contributed by atoms with Crippen molar-refractivity contribution in [3.8, 4) is 0 Å². The van der Waals surface area contributed by atoms with Crippen molar-refractivity contribution in [2.45, 2.75) is 45.1 Å². The van der Waals surface area contributed by atoms with Crippen LogP contribution >= 0.6 is 11.8 Å². The van der Waals surface area contributed by atoms with Gasteiger partial charge in [0.25, 0.3) is 0 Å². The lowest BCUT2D eigenvalue weighted by atomic mass is 10.0. The predicted octanol–water partition coefficient (Wildman–Crippen LogP) is 1.76. The fourth-order valence-corrected chi connectivity index (χ4v) is 3.03. The quantitative estimate of drug-likeness (QED) is 0.748. The zero-order valence-corrected chi connectivity index (χ0v) is 11.0. The Kier molecular flexibility index (Phi) is 6.88. The van der Waals surface area contributed by atoms with Crippen LogP contribution in [0.25, 0.3) is 0 Å². The Morgan fingerprint density at radius 3 is 3.00 bits per heavy atom. The van der Waals surface area contributed by atoms with Gasteiger partial charge in [-0.05, 0) is 43.9 Å². The Balaban J connectivity index is 2.10. The highest BCUT2D eigenvalue weighted by atomic mass is 32.2. The van der Waals surface area contributed by atoms with E-state index in [9.17, 15) is 4.79 Å². The molecule has 16 heavy (non-hydrogen) atoms. The lowest BCUT2D eigenvalue weighted by Crippen LogP contribution is -2.38. The van der Waals surface area contributed by atoms with Crippen molar-refractivity contribution >= 4 is 17.7 Å². The third-order valence-corrected chi connectivity index (χ3v) is 4.26. The minimum atomic E-state index is 0.219. The van der Waals surface area contributed by atoms with E-state index < -0.39 is 0 Å². The molecule has 1 fully saturated rings. The van der Waals surface area contributed by atoms with Crippen LogP contribution in [0.5, 0.6) is 0 Å². The molecule has 0 aliphatic carbocycles. The van der Waals surface area contributed by atoms with Gasteiger partial charge in [-0.25, -0.2) is 0 Å². The Bertz CT molecular complexity index is 205. The summed E-state index contributed by atoms with van der Waals surface area (Å²) in [5, 5.41) is 3.13. The standard InChI is InChI=1S/C12H24N2OS/c1-10(6-7-13)4-5-12(15)14-11-3-2-8-16-9-11/h10-11H,2-9,13H2,1H3,(H,14,15). The average Bonchev–Trinajstić information content (AvgIpc) is 2.28. The molecule has 1 aliphatic rings. The van der Waals surface area contributed by atoms with Crippen LogP contribution in [0.4, 0.5) is 0 Å². The summed E-state index contributed by atoms with van der Waals surface area (Å²) in [7, 11) is 0. The first kappa shape index (κ1) is 13.8. The molecule has 0 bridgehead atoms. The number of hydrogen-bond acceptors (Lipinski definition) is 3. The Hall–Kier alpha value is -0.220. The number of hydrogen-bond donors (Lipinski definition) is 2. The largest absolute Gasteiger partial charge is 0.353 e. The summed E-state index contributed by atoms with van der Waals surface area (Å²) in [4.78, 5) is 11.7. The van der Waals surface area contributed by atoms with Crippen molar-refractivity contribution in [3.05, 3.63) is 0 Å². The molecule has 1 rings (SSSR count). The van der Waals surface area contributed by atoms with E-state index in [2.05, 4.69) is 12.2 Å². The summed E-state index contributed by atoms with van der Waals surface area (Å²) in [6.45, 7) is 2.89. The molecule has 0 saturated carbocycles. The molecular formula is C12H24N2OS. The summed E-state index contributed by atoms with van der Waals surface area (Å²) in [5.41, 5.74) is 5.48. The molecule has 2 atom stereocenters. The van der Waals surface area contributed by atoms with Crippen LogP contribution in [-0.2, 0) is 4.79 Å². The molecule has 2 unspecified atom stereocenters. The maximum atomic E-state index is 11.7. The summed E-state index contributed by atoms with van der Waals surface area (Å²) in [6, 6.07) is 0.413. The van der Waals surface area contributed by atoms with E-state index in [0.29, 0.717) is 18.4 Å². The number of nitrogens with one attached hydrogen (secondary N) is 1. The molecule has 1 heterocycles. The van der Waals surface area contributed by atoms with E-state index in [0.717, 1.165) is 31.6 Å². The number of rotatable bonds is 6. The van der Waals surface area contributed by atoms with Gasteiger partial charge in [0.05, 0.1) is 0 Å². The van der Waals surface area contributed by atoms with Crippen LogP contribution in [0, 0.1) is 5.92 Å². The van der Waals surface area contributed by atoms with Gasteiger partial charge >= 0.3 is 0 Å². The van der Waals surface area contributed by atoms with Gasteiger partial charge in [0, 0.05) is 18.2 Å². The van der Waals surface area contributed by atoms with Crippen LogP contribution in [0.1, 0.15) is 39.0 Å². The highest BCUT2D eigenvalue weighted by molar-refractivity contribution is 7.99. The zero-order chi connectivity index (χ0) is 11.8. The molecule has 4 heteroatoms. The minimum absolute atomic E-state index is 0.219. The first-order valence-electron chi connectivity index (χ1n) is 6.29. The first-order valence-corrected chi connectivity index (χ1v) is 7.45. The van der Waals surface area contributed by atoms with E-state index >= 15 is 0 Å². The Labute approximate surface area is 103 Å². The topological polar surface area (TPSA) is 55.1 Å². The second-order valence-electron chi connectivity index (χ2n) is 4.70. The van der Waals surface area contributed by atoms with E-state index in [1.807, 2.05) is 11.8 Å². The van der Waals surface area contributed by atoms with E-state index in [-0.39, 0.29) is 5.91 Å². The van der Waals surface area contributed by atoms with Crippen LogP contribution in [-0.4, -0.2) is 30.0 Å². The molecule has 0 aromatic carbocycles. The van der Waals surface area contributed by atoms with Gasteiger partial charge in [-0.2, -0.15) is 11.8 Å². The van der Waals surface area contributed by atoms with Crippen molar-refractivity contribution in [2.75, 3.05) is 18.1 Å². The molecule has 94 valence electrons. The maximum absolute atomic E-state index is 11.7. The molecule has 3 N–H and O–H groups in total. The molecule has 3 nitrogen and oxygen atoms in total. The number of carbonyl (C=O) groups is 1. The fourth-order valence-electron chi connectivity index (χ4n) is 1.96. The number of thioether (sulfide) groups is 1. The van der Waals surface area contributed by atoms with Crippen molar-refractivity contribution in [2.24, 2.45) is 11.7 Å². The van der Waals surface area contributed by atoms with Gasteiger partial charge in [0.1, 0.15) is 0 Å². The monoisotopic (exact) mass is 244 g/mol. The van der Waals surface area contributed by atoms with E-state index in [4.69, 9.17) is 5.73 Å². The van der Waals surface area contributed by atoms with Gasteiger partial charge in [-0.3, -0.25) is 4.79 Å². The highest BCUT2D eigenvalue weighted by Crippen LogP contribution is 2.17. The Morgan fingerprint density at radius 1 is 1.56 bits per heavy atom. The van der Waals surface area contributed by atoms with E-state index in [1.54, 1.807) is 0 Å². The van der Waals surface area contributed by atoms with E-state index in [1.165, 1.54) is 12.2 Å². The summed E-state index contributed by atoms with van der Waals surface area (Å²) < 4.78 is 0. The summed E-state index contributed by atoms with van der Waals surface area (Å²) >= 11 is 1.95. The molecule has 0 radical (unpaired) electrons. The molecule has 0 aromatic heterocycles. The third kappa shape index (κ3) is 5.75. The van der Waals surface area contributed by atoms with Crippen molar-refractivity contribution in [1.82, 2.24) is 5.32 Å². The molecule has 1 aliphatic heterocycles.